The summed E-state index contributed by atoms with van der Waals surface area (Å²) in [4.78, 5) is 25.5. The number of nitrogens with two attached hydrogens (primary N) is 1. The normalized spacial score (nSPS) is 14.5. The molecule has 98 valence electrons. The van der Waals surface area contributed by atoms with E-state index in [0.29, 0.717) is 17.7 Å². The lowest BCUT2D eigenvalue weighted by Crippen LogP contribution is -2.33. The van der Waals surface area contributed by atoms with Crippen molar-refractivity contribution < 1.29 is 9.59 Å². The Morgan fingerprint density at radius 3 is 2.58 bits per heavy atom. The molecule has 0 unspecified atom stereocenters. The predicted octanol–water partition coefficient (Wildman–Crippen LogP) is 1.80. The van der Waals surface area contributed by atoms with Crippen LogP contribution in [0.3, 0.4) is 0 Å². The van der Waals surface area contributed by atoms with Gasteiger partial charge in [0, 0.05) is 12.2 Å². The second-order valence-corrected chi connectivity index (χ2v) is 5.28. The monoisotopic (exact) mass is 257 g/mol. The van der Waals surface area contributed by atoms with E-state index >= 15 is 0 Å². The second kappa shape index (κ2) is 4.39. The lowest BCUT2D eigenvalue weighted by Gasteiger charge is -2.19. The molecule has 0 aliphatic carbocycles. The number of hydrogen-bond donors (Lipinski definition) is 1. The molecule has 0 spiro atoms. The maximum absolute atomic E-state index is 12.2. The Hall–Kier alpha value is -2.35. The molecular formula is C14H15N3O2. The molecule has 1 heterocycles. The van der Waals surface area contributed by atoms with Crippen LogP contribution in [0, 0.1) is 16.7 Å². The van der Waals surface area contributed by atoms with E-state index in [4.69, 9.17) is 11.0 Å². The summed E-state index contributed by atoms with van der Waals surface area (Å²) in [5, 5.41) is 8.96. The van der Waals surface area contributed by atoms with Crippen molar-refractivity contribution in [2.75, 3.05) is 12.3 Å². The fourth-order valence-corrected chi connectivity index (χ4v) is 2.01. The second-order valence-electron chi connectivity index (χ2n) is 5.28. The molecule has 2 amide bonds. The maximum Gasteiger partial charge on any atom is 0.263 e. The molecule has 0 bridgehead atoms. The van der Waals surface area contributed by atoms with Crippen LogP contribution in [0.25, 0.3) is 0 Å². The number of nitrogens with zero attached hydrogens (tertiary/aromatic N) is 2. The lowest BCUT2D eigenvalue weighted by molar-refractivity contribution is 0.0643. The summed E-state index contributed by atoms with van der Waals surface area (Å²) in [6.07, 6.45) is 0.439. The van der Waals surface area contributed by atoms with Crippen molar-refractivity contribution in [1.29, 1.82) is 5.26 Å². The first-order valence-corrected chi connectivity index (χ1v) is 6.03. The first kappa shape index (κ1) is 13.1. The first-order valence-electron chi connectivity index (χ1n) is 6.03. The third-order valence-corrected chi connectivity index (χ3v) is 3.29. The van der Waals surface area contributed by atoms with Gasteiger partial charge in [-0.15, -0.1) is 0 Å². The smallest absolute Gasteiger partial charge is 0.263 e. The summed E-state index contributed by atoms with van der Waals surface area (Å²) in [5.41, 5.74) is 6.12. The van der Waals surface area contributed by atoms with E-state index < -0.39 is 5.41 Å². The molecular weight excluding hydrogens is 242 g/mol. The van der Waals surface area contributed by atoms with Gasteiger partial charge in [0.15, 0.2) is 0 Å². The Labute approximate surface area is 111 Å². The number of imide groups is 1. The molecule has 2 rings (SSSR count). The number of carbonyl (C=O) groups is 2. The zero-order valence-corrected chi connectivity index (χ0v) is 10.9. The van der Waals surface area contributed by atoms with Gasteiger partial charge < -0.3 is 5.73 Å². The molecule has 0 radical (unpaired) electrons. The summed E-state index contributed by atoms with van der Waals surface area (Å²) < 4.78 is 0. The third kappa shape index (κ3) is 2.17. The van der Waals surface area contributed by atoms with Gasteiger partial charge in [0.1, 0.15) is 0 Å². The van der Waals surface area contributed by atoms with E-state index in [1.165, 1.54) is 4.90 Å². The van der Waals surface area contributed by atoms with Gasteiger partial charge in [0.25, 0.3) is 11.8 Å². The Kier molecular flexibility index (Phi) is 3.03. The molecule has 0 atom stereocenters. The lowest BCUT2D eigenvalue weighted by atomic mass is 9.91. The minimum atomic E-state index is -0.569. The standard InChI is InChI=1S/C14H15N3O2/c1-14(2,8-15)6-7-17-12(18)9-4-3-5-10(16)11(9)13(17)19/h3-5H,6-7,16H2,1-2H3. The van der Waals surface area contributed by atoms with Crippen LogP contribution < -0.4 is 5.73 Å². The molecule has 1 aliphatic rings. The molecule has 0 saturated carbocycles. The van der Waals surface area contributed by atoms with E-state index in [1.807, 2.05) is 0 Å². The maximum atomic E-state index is 12.2. The van der Waals surface area contributed by atoms with Crippen LogP contribution in [-0.2, 0) is 0 Å². The van der Waals surface area contributed by atoms with Crippen molar-refractivity contribution in [1.82, 2.24) is 4.90 Å². The van der Waals surface area contributed by atoms with Crippen molar-refractivity contribution in [2.45, 2.75) is 20.3 Å². The quantitative estimate of drug-likeness (QED) is 0.660. The first-order chi connectivity index (χ1) is 8.87. The van der Waals surface area contributed by atoms with Gasteiger partial charge in [0.05, 0.1) is 22.6 Å². The predicted molar refractivity (Wildman–Crippen MR) is 70.2 cm³/mol. The van der Waals surface area contributed by atoms with E-state index in [9.17, 15) is 9.59 Å². The molecule has 0 aromatic heterocycles. The largest absolute Gasteiger partial charge is 0.398 e. The van der Waals surface area contributed by atoms with Gasteiger partial charge in [-0.1, -0.05) is 6.07 Å². The highest BCUT2D eigenvalue weighted by Gasteiger charge is 2.37. The SMILES string of the molecule is CC(C)(C#N)CCN1C(=O)c2cccc(N)c2C1=O. The number of fused-ring (bicyclic) bond motifs is 1. The molecule has 1 aliphatic heterocycles. The van der Waals surface area contributed by atoms with Crippen LogP contribution in [0.15, 0.2) is 18.2 Å². The van der Waals surface area contributed by atoms with Crippen LogP contribution in [-0.4, -0.2) is 23.3 Å². The van der Waals surface area contributed by atoms with Gasteiger partial charge >= 0.3 is 0 Å². The van der Waals surface area contributed by atoms with Crippen molar-refractivity contribution in [3.05, 3.63) is 29.3 Å². The van der Waals surface area contributed by atoms with E-state index in [2.05, 4.69) is 6.07 Å². The Morgan fingerprint density at radius 1 is 1.32 bits per heavy atom. The minimum Gasteiger partial charge on any atom is -0.398 e. The van der Waals surface area contributed by atoms with Crippen molar-refractivity contribution in [3.63, 3.8) is 0 Å². The molecule has 5 heteroatoms. The summed E-state index contributed by atoms with van der Waals surface area (Å²) in [5.74, 6) is -0.701. The van der Waals surface area contributed by atoms with Crippen LogP contribution in [0.5, 0.6) is 0 Å². The number of benzene rings is 1. The van der Waals surface area contributed by atoms with Gasteiger partial charge in [0.2, 0.25) is 0 Å². The average Bonchev–Trinajstić information content (AvgIpc) is 2.61. The molecule has 19 heavy (non-hydrogen) atoms. The minimum absolute atomic E-state index is 0.229. The Morgan fingerprint density at radius 2 is 2.00 bits per heavy atom. The number of rotatable bonds is 3. The van der Waals surface area contributed by atoms with Gasteiger partial charge in [-0.2, -0.15) is 5.26 Å². The van der Waals surface area contributed by atoms with E-state index in [1.54, 1.807) is 32.0 Å². The third-order valence-electron chi connectivity index (χ3n) is 3.29. The molecule has 1 aromatic rings. The fraction of sp³-hybridized carbons (Fsp3) is 0.357. The zero-order valence-electron chi connectivity index (χ0n) is 10.9. The van der Waals surface area contributed by atoms with Crippen molar-refractivity contribution in [2.24, 2.45) is 5.41 Å². The van der Waals surface area contributed by atoms with Gasteiger partial charge in [-0.3, -0.25) is 14.5 Å². The number of carbonyl (C=O) groups excluding carboxylic acids is 2. The number of nitrogen functional groups attached to an aromatic ring is 1. The molecule has 0 saturated heterocycles. The van der Waals surface area contributed by atoms with Crippen LogP contribution in [0.4, 0.5) is 5.69 Å². The van der Waals surface area contributed by atoms with Gasteiger partial charge in [-0.05, 0) is 32.4 Å². The Bertz CT molecular complexity index is 599. The molecule has 5 nitrogen and oxygen atoms in total. The molecule has 2 N–H and O–H groups in total. The van der Waals surface area contributed by atoms with E-state index in [0.717, 1.165) is 0 Å². The fourth-order valence-electron chi connectivity index (χ4n) is 2.01. The van der Waals surface area contributed by atoms with Crippen LogP contribution >= 0.6 is 0 Å². The average molecular weight is 257 g/mol. The summed E-state index contributed by atoms with van der Waals surface area (Å²) >= 11 is 0. The zero-order chi connectivity index (χ0) is 14.2. The van der Waals surface area contributed by atoms with Crippen molar-refractivity contribution >= 4 is 17.5 Å². The topological polar surface area (TPSA) is 87.2 Å². The van der Waals surface area contributed by atoms with Gasteiger partial charge in [-0.25, -0.2) is 0 Å². The highest BCUT2D eigenvalue weighted by Crippen LogP contribution is 2.29. The molecule has 0 fully saturated rings. The highest BCUT2D eigenvalue weighted by atomic mass is 16.2. The summed E-state index contributed by atoms with van der Waals surface area (Å²) in [6.45, 7) is 3.78. The van der Waals surface area contributed by atoms with Crippen LogP contribution in [0.1, 0.15) is 41.0 Å². The Balaban J connectivity index is 2.25. The van der Waals surface area contributed by atoms with Crippen molar-refractivity contribution in [3.8, 4) is 6.07 Å². The number of anilines is 1. The summed E-state index contributed by atoms with van der Waals surface area (Å²) in [6, 6.07) is 7.01. The highest BCUT2D eigenvalue weighted by molar-refractivity contribution is 6.23. The molecule has 1 aromatic carbocycles. The number of hydrogen-bond acceptors (Lipinski definition) is 4. The summed E-state index contributed by atoms with van der Waals surface area (Å²) in [7, 11) is 0. The van der Waals surface area contributed by atoms with Crippen LogP contribution in [0.2, 0.25) is 0 Å². The van der Waals surface area contributed by atoms with E-state index in [-0.39, 0.29) is 23.9 Å². The number of nitriles is 1. The number of amides is 2.